The summed E-state index contributed by atoms with van der Waals surface area (Å²) in [5, 5.41) is 12.8. The maximum absolute atomic E-state index is 10.6. The molecule has 0 aliphatic heterocycles. The van der Waals surface area contributed by atoms with E-state index in [2.05, 4.69) is 140 Å². The van der Waals surface area contributed by atoms with E-state index in [0.29, 0.717) is 5.92 Å². The average Bonchev–Trinajstić information content (AvgIpc) is 3.04. The van der Waals surface area contributed by atoms with Crippen LogP contribution in [0.15, 0.2) is 140 Å². The van der Waals surface area contributed by atoms with Gasteiger partial charge in [0.05, 0.1) is 5.56 Å². The number of fused-ring (bicyclic) bond motifs is 2. The molecule has 0 saturated heterocycles. The van der Waals surface area contributed by atoms with Crippen molar-refractivity contribution in [3.05, 3.63) is 167 Å². The van der Waals surface area contributed by atoms with Crippen LogP contribution < -0.4 is 0 Å². The van der Waals surface area contributed by atoms with Crippen molar-refractivity contribution in [2.75, 3.05) is 0 Å². The molecule has 7 rings (SSSR count). The molecule has 0 saturated carbocycles. The Bertz CT molecular complexity index is 1850. The van der Waals surface area contributed by atoms with Crippen LogP contribution in [0.3, 0.4) is 0 Å². The summed E-state index contributed by atoms with van der Waals surface area (Å²) in [7, 11) is 0. The Morgan fingerprint density at radius 1 is 0.475 bits per heavy atom. The van der Waals surface area contributed by atoms with Crippen LogP contribution in [0.4, 0.5) is 0 Å². The summed E-state index contributed by atoms with van der Waals surface area (Å²) in [6.45, 7) is 0. The molecule has 190 valence electrons. The second kappa shape index (κ2) is 10.3. The lowest BCUT2D eigenvalue weighted by molar-refractivity contribution is 0.568. The van der Waals surface area contributed by atoms with Gasteiger partial charge < -0.3 is 0 Å². The summed E-state index contributed by atoms with van der Waals surface area (Å²) in [5.41, 5.74) is 10.7. The van der Waals surface area contributed by atoms with E-state index in [1.165, 1.54) is 33.2 Å². The molecule has 0 N–H and O–H groups in total. The van der Waals surface area contributed by atoms with Gasteiger partial charge in [0.25, 0.3) is 0 Å². The molecule has 0 radical (unpaired) electrons. The monoisotopic (exact) mass is 511 g/mol. The number of benzene rings is 6. The third-order valence-electron chi connectivity index (χ3n) is 8.53. The van der Waals surface area contributed by atoms with Crippen molar-refractivity contribution in [2.45, 2.75) is 24.7 Å². The highest BCUT2D eigenvalue weighted by molar-refractivity contribution is 6.05. The van der Waals surface area contributed by atoms with Crippen LogP contribution >= 0.6 is 0 Å². The number of rotatable bonds is 4. The molecular formula is C39H29N. The third-order valence-corrected chi connectivity index (χ3v) is 8.53. The van der Waals surface area contributed by atoms with Crippen LogP contribution in [0.1, 0.15) is 52.5 Å². The summed E-state index contributed by atoms with van der Waals surface area (Å²) < 4.78 is 0. The highest BCUT2D eigenvalue weighted by Crippen LogP contribution is 2.52. The molecule has 6 aromatic rings. The average molecular weight is 512 g/mol. The second-order valence-electron chi connectivity index (χ2n) is 10.7. The van der Waals surface area contributed by atoms with Crippen molar-refractivity contribution in [2.24, 2.45) is 0 Å². The van der Waals surface area contributed by atoms with Gasteiger partial charge in [0.15, 0.2) is 0 Å². The fourth-order valence-corrected chi connectivity index (χ4v) is 6.86. The quantitative estimate of drug-likeness (QED) is 0.231. The van der Waals surface area contributed by atoms with Gasteiger partial charge in [0, 0.05) is 22.8 Å². The SMILES string of the molecule is N#Cc1c(-c2ccccc2)c(-c2ccccc2)c(C2CCC(c3ccccc3)c3ccccc32)c2ccccc12. The van der Waals surface area contributed by atoms with Crippen LogP contribution in [0.2, 0.25) is 0 Å². The van der Waals surface area contributed by atoms with Gasteiger partial charge in [-0.1, -0.05) is 140 Å². The number of hydrogen-bond acceptors (Lipinski definition) is 1. The largest absolute Gasteiger partial charge is 0.192 e. The van der Waals surface area contributed by atoms with Crippen molar-refractivity contribution in [3.63, 3.8) is 0 Å². The zero-order valence-corrected chi connectivity index (χ0v) is 22.3. The lowest BCUT2D eigenvalue weighted by Crippen LogP contribution is -2.18. The first kappa shape index (κ1) is 24.1. The molecule has 2 unspecified atom stereocenters. The molecule has 1 heteroatoms. The van der Waals surface area contributed by atoms with Crippen molar-refractivity contribution in [3.8, 4) is 28.3 Å². The molecule has 40 heavy (non-hydrogen) atoms. The predicted molar refractivity (Wildman–Crippen MR) is 165 cm³/mol. The van der Waals surface area contributed by atoms with Gasteiger partial charge in [-0.15, -0.1) is 0 Å². The van der Waals surface area contributed by atoms with E-state index in [4.69, 9.17) is 0 Å². The van der Waals surface area contributed by atoms with Gasteiger partial charge in [-0.05, 0) is 57.2 Å². The van der Waals surface area contributed by atoms with Gasteiger partial charge in [-0.3, -0.25) is 0 Å². The highest BCUT2D eigenvalue weighted by atomic mass is 14.4. The molecule has 0 aromatic heterocycles. The summed E-state index contributed by atoms with van der Waals surface area (Å²) in [6, 6.07) is 52.2. The fraction of sp³-hybridized carbons (Fsp3) is 0.103. The standard InChI is InChI=1S/C39H29N/c40-26-36-33-22-12-13-23-34(33)39(38(29-18-8-3-9-19-29)37(36)28-16-6-2-7-17-28)35-25-24-30(27-14-4-1-5-15-27)31-20-10-11-21-32(31)35/h1-23,30,35H,24-25H2. The van der Waals surface area contributed by atoms with E-state index in [9.17, 15) is 5.26 Å². The van der Waals surface area contributed by atoms with E-state index in [-0.39, 0.29) is 5.92 Å². The molecule has 2 atom stereocenters. The van der Waals surface area contributed by atoms with Crippen LogP contribution in [0.25, 0.3) is 33.0 Å². The first-order valence-corrected chi connectivity index (χ1v) is 14.1. The maximum atomic E-state index is 10.6. The molecule has 6 aromatic carbocycles. The molecule has 1 nitrogen and oxygen atoms in total. The van der Waals surface area contributed by atoms with Gasteiger partial charge in [0.1, 0.15) is 6.07 Å². The summed E-state index contributed by atoms with van der Waals surface area (Å²) >= 11 is 0. The molecule has 0 bridgehead atoms. The molecule has 0 fully saturated rings. The molecule has 0 spiro atoms. The molecular weight excluding hydrogens is 482 g/mol. The van der Waals surface area contributed by atoms with Gasteiger partial charge >= 0.3 is 0 Å². The van der Waals surface area contributed by atoms with E-state index >= 15 is 0 Å². The minimum absolute atomic E-state index is 0.214. The number of nitriles is 1. The summed E-state index contributed by atoms with van der Waals surface area (Å²) in [6.07, 6.45) is 2.12. The molecule has 1 aliphatic rings. The van der Waals surface area contributed by atoms with E-state index < -0.39 is 0 Å². The Balaban J connectivity index is 1.58. The first-order chi connectivity index (χ1) is 19.8. The zero-order valence-electron chi connectivity index (χ0n) is 22.3. The van der Waals surface area contributed by atoms with Gasteiger partial charge in [-0.2, -0.15) is 5.26 Å². The maximum Gasteiger partial charge on any atom is 0.100 e. The van der Waals surface area contributed by atoms with Crippen molar-refractivity contribution in [1.82, 2.24) is 0 Å². The Morgan fingerprint density at radius 2 is 0.950 bits per heavy atom. The fourth-order valence-electron chi connectivity index (χ4n) is 6.86. The number of hydrogen-bond donors (Lipinski definition) is 0. The Morgan fingerprint density at radius 3 is 1.57 bits per heavy atom. The first-order valence-electron chi connectivity index (χ1n) is 14.1. The van der Waals surface area contributed by atoms with Crippen LogP contribution in [0, 0.1) is 11.3 Å². The minimum atomic E-state index is 0.214. The van der Waals surface area contributed by atoms with Crippen LogP contribution in [-0.4, -0.2) is 0 Å². The van der Waals surface area contributed by atoms with Gasteiger partial charge in [0.2, 0.25) is 0 Å². The minimum Gasteiger partial charge on any atom is -0.192 e. The Kier molecular flexibility index (Phi) is 6.23. The molecule has 0 amide bonds. The Labute approximate surface area is 236 Å². The summed E-state index contributed by atoms with van der Waals surface area (Å²) in [5.74, 6) is 0.596. The topological polar surface area (TPSA) is 23.8 Å². The normalized spacial score (nSPS) is 16.3. The van der Waals surface area contributed by atoms with E-state index in [1.807, 2.05) is 6.07 Å². The van der Waals surface area contributed by atoms with Crippen molar-refractivity contribution in [1.29, 1.82) is 5.26 Å². The van der Waals surface area contributed by atoms with Crippen LogP contribution in [-0.2, 0) is 0 Å². The predicted octanol–water partition coefficient (Wildman–Crippen LogP) is 10.1. The highest BCUT2D eigenvalue weighted by Gasteiger charge is 2.33. The van der Waals surface area contributed by atoms with E-state index in [1.54, 1.807) is 0 Å². The summed E-state index contributed by atoms with van der Waals surface area (Å²) in [4.78, 5) is 0. The second-order valence-corrected chi connectivity index (χ2v) is 10.7. The number of nitrogens with zero attached hydrogens (tertiary/aromatic N) is 1. The van der Waals surface area contributed by atoms with Crippen molar-refractivity contribution >= 4 is 10.8 Å². The smallest absolute Gasteiger partial charge is 0.100 e. The van der Waals surface area contributed by atoms with E-state index in [0.717, 1.165) is 40.5 Å². The zero-order chi connectivity index (χ0) is 26.9. The lowest BCUT2D eigenvalue weighted by atomic mass is 9.68. The lowest BCUT2D eigenvalue weighted by Gasteiger charge is -2.35. The van der Waals surface area contributed by atoms with Crippen molar-refractivity contribution < 1.29 is 0 Å². The third kappa shape index (κ3) is 4.01. The Hall–Kier alpha value is -4.93. The molecule has 0 heterocycles. The molecule has 1 aliphatic carbocycles. The van der Waals surface area contributed by atoms with Gasteiger partial charge in [-0.25, -0.2) is 0 Å². The van der Waals surface area contributed by atoms with Crippen LogP contribution in [0.5, 0.6) is 0 Å².